The summed E-state index contributed by atoms with van der Waals surface area (Å²) >= 11 is 0. The summed E-state index contributed by atoms with van der Waals surface area (Å²) in [6.07, 6.45) is 1.62. The van der Waals surface area contributed by atoms with Crippen molar-refractivity contribution in [1.29, 1.82) is 0 Å². The van der Waals surface area contributed by atoms with Crippen LogP contribution in [0.1, 0.15) is 43.4 Å². The Labute approximate surface area is 181 Å². The van der Waals surface area contributed by atoms with Crippen LogP contribution in [0.4, 0.5) is 0 Å². The van der Waals surface area contributed by atoms with Gasteiger partial charge in [0.1, 0.15) is 0 Å². The van der Waals surface area contributed by atoms with Crippen LogP contribution in [0.25, 0.3) is 6.08 Å². The summed E-state index contributed by atoms with van der Waals surface area (Å²) in [6, 6.07) is 12.9. The number of methoxy groups -OCH3 is 1. The largest absolute Gasteiger partial charge is 0.490 e. The molecule has 2 aromatic rings. The van der Waals surface area contributed by atoms with Crippen molar-refractivity contribution in [3.05, 3.63) is 64.9 Å². The van der Waals surface area contributed by atoms with Crippen LogP contribution in [-0.2, 0) is 19.1 Å². The molecule has 0 atom stereocenters. The Bertz CT molecular complexity index is 1020. The van der Waals surface area contributed by atoms with Crippen LogP contribution >= 0.6 is 0 Å². The molecule has 0 aliphatic carbocycles. The summed E-state index contributed by atoms with van der Waals surface area (Å²) in [7, 11) is 1.29. The van der Waals surface area contributed by atoms with E-state index in [4.69, 9.17) is 14.2 Å². The fourth-order valence-electron chi connectivity index (χ4n) is 2.90. The minimum absolute atomic E-state index is 0.189. The Morgan fingerprint density at radius 3 is 2.48 bits per heavy atom. The SMILES string of the molecule is CCOc1cc(/C=C2\N=C(c3ccc(C(C)C)cc3)OC2=O)ccc1OCC(=O)OC. The highest BCUT2D eigenvalue weighted by Crippen LogP contribution is 2.30. The molecule has 7 nitrogen and oxygen atoms in total. The van der Waals surface area contributed by atoms with E-state index in [-0.39, 0.29) is 18.2 Å². The highest BCUT2D eigenvalue weighted by atomic mass is 16.6. The van der Waals surface area contributed by atoms with Crippen molar-refractivity contribution in [2.24, 2.45) is 4.99 Å². The lowest BCUT2D eigenvalue weighted by Gasteiger charge is -2.11. The number of rotatable bonds is 8. The van der Waals surface area contributed by atoms with Crippen molar-refractivity contribution < 1.29 is 28.5 Å². The summed E-state index contributed by atoms with van der Waals surface area (Å²) in [6.45, 7) is 6.25. The number of aliphatic imine (C=N–C) groups is 1. The third-order valence-electron chi connectivity index (χ3n) is 4.59. The van der Waals surface area contributed by atoms with Gasteiger partial charge in [0.15, 0.2) is 23.8 Å². The highest BCUT2D eigenvalue weighted by molar-refractivity contribution is 6.12. The summed E-state index contributed by atoms with van der Waals surface area (Å²) < 4.78 is 21.0. The van der Waals surface area contributed by atoms with Gasteiger partial charge in [0, 0.05) is 5.56 Å². The van der Waals surface area contributed by atoms with Gasteiger partial charge in [-0.05, 0) is 54.3 Å². The predicted octanol–water partition coefficient (Wildman–Crippen LogP) is 4.11. The molecule has 0 radical (unpaired) electrons. The molecule has 2 aromatic carbocycles. The zero-order chi connectivity index (χ0) is 22.4. The maximum atomic E-state index is 12.3. The van der Waals surface area contributed by atoms with Crippen LogP contribution in [0, 0.1) is 0 Å². The van der Waals surface area contributed by atoms with Crippen molar-refractivity contribution in [1.82, 2.24) is 0 Å². The number of esters is 2. The Balaban J connectivity index is 1.83. The molecule has 0 amide bonds. The first-order valence-electron chi connectivity index (χ1n) is 10.0. The topological polar surface area (TPSA) is 83.4 Å². The molecule has 1 heterocycles. The maximum absolute atomic E-state index is 12.3. The average molecular weight is 423 g/mol. The highest BCUT2D eigenvalue weighted by Gasteiger charge is 2.24. The first-order valence-corrected chi connectivity index (χ1v) is 10.0. The summed E-state index contributed by atoms with van der Waals surface area (Å²) in [4.78, 5) is 28.0. The number of hydrogen-bond donors (Lipinski definition) is 0. The van der Waals surface area contributed by atoms with E-state index in [1.54, 1.807) is 24.3 Å². The van der Waals surface area contributed by atoms with Gasteiger partial charge in [-0.15, -0.1) is 0 Å². The van der Waals surface area contributed by atoms with Gasteiger partial charge < -0.3 is 18.9 Å². The van der Waals surface area contributed by atoms with Gasteiger partial charge in [0.05, 0.1) is 13.7 Å². The Hall–Kier alpha value is -3.61. The minimum atomic E-state index is -0.521. The van der Waals surface area contributed by atoms with E-state index in [2.05, 4.69) is 23.6 Å². The van der Waals surface area contributed by atoms with E-state index in [0.717, 1.165) is 5.56 Å². The molecule has 0 fully saturated rings. The number of cyclic esters (lactones) is 1. The molecule has 0 bridgehead atoms. The molecule has 3 rings (SSSR count). The molecule has 0 N–H and O–H groups in total. The number of nitrogens with zero attached hydrogens (tertiary/aromatic N) is 1. The Kier molecular flexibility index (Phi) is 7.07. The van der Waals surface area contributed by atoms with Gasteiger partial charge in [-0.2, -0.15) is 0 Å². The van der Waals surface area contributed by atoms with E-state index in [0.29, 0.717) is 29.6 Å². The van der Waals surface area contributed by atoms with E-state index in [1.807, 2.05) is 31.2 Å². The van der Waals surface area contributed by atoms with E-state index in [9.17, 15) is 9.59 Å². The number of benzene rings is 2. The summed E-state index contributed by atoms with van der Waals surface area (Å²) in [5, 5.41) is 0. The zero-order valence-electron chi connectivity index (χ0n) is 18.0. The molecule has 7 heteroatoms. The normalized spacial score (nSPS) is 14.4. The van der Waals surface area contributed by atoms with Crippen LogP contribution in [0.5, 0.6) is 11.5 Å². The number of hydrogen-bond acceptors (Lipinski definition) is 7. The minimum Gasteiger partial charge on any atom is -0.490 e. The molecule has 162 valence electrons. The smallest absolute Gasteiger partial charge is 0.363 e. The molecule has 0 spiro atoms. The zero-order valence-corrected chi connectivity index (χ0v) is 18.0. The summed E-state index contributed by atoms with van der Waals surface area (Å²) in [5.74, 6) is 0.516. The van der Waals surface area contributed by atoms with Gasteiger partial charge in [0.25, 0.3) is 0 Å². The standard InChI is InChI=1S/C24H25NO6/c1-5-29-21-13-16(6-11-20(21)30-14-22(26)28-4)12-19-24(27)31-23(25-19)18-9-7-17(8-10-18)15(2)3/h6-13,15H,5,14H2,1-4H3/b19-12-. The predicted molar refractivity (Wildman–Crippen MR) is 116 cm³/mol. The fraction of sp³-hybridized carbons (Fsp3) is 0.292. The maximum Gasteiger partial charge on any atom is 0.363 e. The molecule has 1 aliphatic rings. The quantitative estimate of drug-likeness (QED) is 0.469. The molecule has 0 saturated carbocycles. The van der Waals surface area contributed by atoms with Crippen LogP contribution in [-0.4, -0.2) is 38.2 Å². The number of ether oxygens (including phenoxy) is 4. The van der Waals surface area contributed by atoms with Gasteiger partial charge >= 0.3 is 11.9 Å². The van der Waals surface area contributed by atoms with Crippen molar-refractivity contribution >= 4 is 23.9 Å². The second-order valence-corrected chi connectivity index (χ2v) is 7.12. The van der Waals surface area contributed by atoms with Crippen LogP contribution < -0.4 is 9.47 Å². The molecular weight excluding hydrogens is 398 g/mol. The first-order chi connectivity index (χ1) is 14.9. The lowest BCUT2D eigenvalue weighted by Crippen LogP contribution is -2.13. The monoisotopic (exact) mass is 423 g/mol. The lowest BCUT2D eigenvalue weighted by atomic mass is 10.0. The lowest BCUT2D eigenvalue weighted by molar-refractivity contribution is -0.143. The fourth-order valence-corrected chi connectivity index (χ4v) is 2.90. The number of carbonyl (C=O) groups excluding carboxylic acids is 2. The molecular formula is C24H25NO6. The van der Waals surface area contributed by atoms with E-state index < -0.39 is 11.9 Å². The second-order valence-electron chi connectivity index (χ2n) is 7.12. The molecule has 0 unspecified atom stereocenters. The van der Waals surface area contributed by atoms with Crippen LogP contribution in [0.15, 0.2) is 53.2 Å². The third-order valence-corrected chi connectivity index (χ3v) is 4.59. The average Bonchev–Trinajstić information content (AvgIpc) is 3.13. The van der Waals surface area contributed by atoms with E-state index >= 15 is 0 Å². The molecule has 0 saturated heterocycles. The third kappa shape index (κ3) is 5.51. The van der Waals surface area contributed by atoms with Gasteiger partial charge in [-0.25, -0.2) is 14.6 Å². The van der Waals surface area contributed by atoms with Crippen molar-refractivity contribution in [2.45, 2.75) is 26.7 Å². The van der Waals surface area contributed by atoms with Gasteiger partial charge in [-0.1, -0.05) is 32.0 Å². The molecule has 1 aliphatic heterocycles. The van der Waals surface area contributed by atoms with Gasteiger partial charge in [0.2, 0.25) is 5.90 Å². The van der Waals surface area contributed by atoms with Crippen molar-refractivity contribution in [2.75, 3.05) is 20.3 Å². The van der Waals surface area contributed by atoms with E-state index in [1.165, 1.54) is 12.7 Å². The molecule has 0 aromatic heterocycles. The van der Waals surface area contributed by atoms with Crippen molar-refractivity contribution in [3.63, 3.8) is 0 Å². The van der Waals surface area contributed by atoms with Crippen LogP contribution in [0.2, 0.25) is 0 Å². The number of carbonyl (C=O) groups is 2. The van der Waals surface area contributed by atoms with Crippen molar-refractivity contribution in [3.8, 4) is 11.5 Å². The van der Waals surface area contributed by atoms with Crippen LogP contribution in [0.3, 0.4) is 0 Å². The first kappa shape index (κ1) is 22.1. The Morgan fingerprint density at radius 1 is 1.10 bits per heavy atom. The Morgan fingerprint density at radius 2 is 1.84 bits per heavy atom. The second kappa shape index (κ2) is 9.93. The van der Waals surface area contributed by atoms with Gasteiger partial charge in [-0.3, -0.25) is 0 Å². The summed E-state index contributed by atoms with van der Waals surface area (Å²) in [5.41, 5.74) is 2.81. The molecule has 31 heavy (non-hydrogen) atoms.